The van der Waals surface area contributed by atoms with Gasteiger partial charge in [-0.05, 0) is 43.7 Å². The van der Waals surface area contributed by atoms with E-state index in [9.17, 15) is 9.59 Å². The van der Waals surface area contributed by atoms with Crippen molar-refractivity contribution in [2.45, 2.75) is 13.8 Å². The Labute approximate surface area is 115 Å². The number of ether oxygens (including phenoxy) is 1. The van der Waals surface area contributed by atoms with Crippen LogP contribution in [0, 0.1) is 13.8 Å². The highest BCUT2D eigenvalue weighted by Gasteiger charge is 2.14. The number of benzene rings is 1. The van der Waals surface area contributed by atoms with E-state index in [4.69, 9.17) is 16.3 Å². The minimum Gasteiger partial charge on any atom is -0.421 e. The van der Waals surface area contributed by atoms with Crippen LogP contribution < -0.4 is 10.3 Å². The van der Waals surface area contributed by atoms with Crippen LogP contribution in [-0.2, 0) is 0 Å². The Morgan fingerprint density at radius 1 is 1.21 bits per heavy atom. The molecule has 1 heterocycles. The Morgan fingerprint density at radius 2 is 1.95 bits per heavy atom. The summed E-state index contributed by atoms with van der Waals surface area (Å²) in [4.78, 5) is 26.0. The number of nitrogens with one attached hydrogen (secondary N) is 1. The van der Waals surface area contributed by atoms with E-state index in [1.807, 2.05) is 6.92 Å². The molecule has 0 amide bonds. The highest BCUT2D eigenvalue weighted by atomic mass is 35.5. The Balaban J connectivity index is 2.28. The second-order valence-corrected chi connectivity index (χ2v) is 4.61. The van der Waals surface area contributed by atoms with Gasteiger partial charge in [0.25, 0.3) is 5.56 Å². The summed E-state index contributed by atoms with van der Waals surface area (Å²) in [6.45, 7) is 3.61. The first-order valence-electron chi connectivity index (χ1n) is 5.65. The number of carbonyl (C=O) groups excluding carboxylic acids is 1. The number of carbonyl (C=O) groups is 1. The van der Waals surface area contributed by atoms with Crippen LogP contribution in [0.1, 0.15) is 21.6 Å². The molecule has 1 aromatic carbocycles. The molecule has 2 aromatic rings. The maximum absolute atomic E-state index is 11.9. The van der Waals surface area contributed by atoms with Gasteiger partial charge in [-0.25, -0.2) is 4.79 Å². The molecule has 0 bridgehead atoms. The maximum Gasteiger partial charge on any atom is 0.349 e. The molecule has 1 N–H and O–H groups in total. The summed E-state index contributed by atoms with van der Waals surface area (Å²) >= 11 is 5.96. The molecule has 1 aromatic heterocycles. The summed E-state index contributed by atoms with van der Waals surface area (Å²) in [6, 6.07) is 8.11. The molecule has 0 unspecified atom stereocenters. The van der Waals surface area contributed by atoms with Gasteiger partial charge in [0, 0.05) is 5.69 Å². The predicted molar refractivity (Wildman–Crippen MR) is 72.9 cm³/mol. The lowest BCUT2D eigenvalue weighted by molar-refractivity contribution is 0.0733. The number of hydrogen-bond donors (Lipinski definition) is 1. The quantitative estimate of drug-likeness (QED) is 0.678. The van der Waals surface area contributed by atoms with E-state index in [-0.39, 0.29) is 11.3 Å². The highest BCUT2D eigenvalue weighted by molar-refractivity contribution is 6.32. The molecule has 98 valence electrons. The van der Waals surface area contributed by atoms with Crippen LogP contribution >= 0.6 is 11.6 Å². The third-order valence-corrected chi connectivity index (χ3v) is 2.86. The predicted octanol–water partition coefficient (Wildman–Crippen LogP) is 2.86. The number of esters is 1. The number of aromatic amines is 1. The van der Waals surface area contributed by atoms with Gasteiger partial charge in [0.15, 0.2) is 0 Å². The molecular weight excluding hydrogens is 266 g/mol. The van der Waals surface area contributed by atoms with Crippen molar-refractivity contribution >= 4 is 17.6 Å². The van der Waals surface area contributed by atoms with Gasteiger partial charge in [-0.15, -0.1) is 0 Å². The van der Waals surface area contributed by atoms with Gasteiger partial charge in [0.05, 0.1) is 5.02 Å². The van der Waals surface area contributed by atoms with Gasteiger partial charge in [-0.2, -0.15) is 0 Å². The van der Waals surface area contributed by atoms with Crippen molar-refractivity contribution in [3.8, 4) is 5.75 Å². The highest BCUT2D eigenvalue weighted by Crippen LogP contribution is 2.25. The molecule has 4 nitrogen and oxygen atoms in total. The summed E-state index contributed by atoms with van der Waals surface area (Å²) in [7, 11) is 0. The third kappa shape index (κ3) is 3.03. The van der Waals surface area contributed by atoms with E-state index in [0.29, 0.717) is 10.7 Å². The molecule has 0 atom stereocenters. The number of aryl methyl sites for hydroxylation is 2. The van der Waals surface area contributed by atoms with Crippen molar-refractivity contribution in [3.05, 3.63) is 62.5 Å². The molecule has 0 fully saturated rings. The minimum absolute atomic E-state index is 0.0535. The van der Waals surface area contributed by atoms with E-state index >= 15 is 0 Å². The SMILES string of the molecule is Cc1ccc(OC(=O)c2ccc(C)[nH]c2=O)c(Cl)c1. The summed E-state index contributed by atoms with van der Waals surface area (Å²) in [5, 5.41) is 0.330. The number of halogens is 1. The van der Waals surface area contributed by atoms with Crippen molar-refractivity contribution in [2.75, 3.05) is 0 Å². The Bertz CT molecular complexity index is 691. The van der Waals surface area contributed by atoms with E-state index in [1.54, 1.807) is 31.2 Å². The van der Waals surface area contributed by atoms with E-state index in [1.165, 1.54) is 6.07 Å². The zero-order valence-electron chi connectivity index (χ0n) is 10.5. The van der Waals surface area contributed by atoms with Crippen LogP contribution in [-0.4, -0.2) is 11.0 Å². The van der Waals surface area contributed by atoms with Gasteiger partial charge in [0.1, 0.15) is 11.3 Å². The fourth-order valence-corrected chi connectivity index (χ4v) is 1.85. The lowest BCUT2D eigenvalue weighted by atomic mass is 10.2. The topological polar surface area (TPSA) is 59.2 Å². The standard InChI is InChI=1S/C14H12ClNO3/c1-8-3-6-12(11(15)7-8)19-14(18)10-5-4-9(2)16-13(10)17/h3-7H,1-2H3,(H,16,17). The van der Waals surface area contributed by atoms with E-state index < -0.39 is 11.5 Å². The largest absolute Gasteiger partial charge is 0.421 e. The van der Waals surface area contributed by atoms with Crippen LogP contribution in [0.25, 0.3) is 0 Å². The molecule has 0 aliphatic heterocycles. The monoisotopic (exact) mass is 277 g/mol. The fraction of sp³-hybridized carbons (Fsp3) is 0.143. The summed E-state index contributed by atoms with van der Waals surface area (Å²) < 4.78 is 5.12. The van der Waals surface area contributed by atoms with Crippen LogP contribution in [0.2, 0.25) is 5.02 Å². The first-order chi connectivity index (χ1) is 8.97. The zero-order chi connectivity index (χ0) is 14.0. The number of H-pyrrole nitrogens is 1. The molecule has 19 heavy (non-hydrogen) atoms. The van der Waals surface area contributed by atoms with Gasteiger partial charge in [-0.1, -0.05) is 17.7 Å². The summed E-state index contributed by atoms with van der Waals surface area (Å²) in [5.74, 6) is -0.496. The van der Waals surface area contributed by atoms with Gasteiger partial charge >= 0.3 is 5.97 Å². The maximum atomic E-state index is 11.9. The first kappa shape index (κ1) is 13.4. The van der Waals surface area contributed by atoms with Crippen molar-refractivity contribution in [1.29, 1.82) is 0 Å². The van der Waals surface area contributed by atoms with Gasteiger partial charge < -0.3 is 9.72 Å². The summed E-state index contributed by atoms with van der Waals surface area (Å²) in [6.07, 6.45) is 0. The van der Waals surface area contributed by atoms with Crippen molar-refractivity contribution in [1.82, 2.24) is 4.98 Å². The second kappa shape index (κ2) is 5.28. The Hall–Kier alpha value is -2.07. The fourth-order valence-electron chi connectivity index (χ4n) is 1.58. The molecule has 0 saturated carbocycles. The molecule has 0 radical (unpaired) electrons. The van der Waals surface area contributed by atoms with Crippen LogP contribution in [0.3, 0.4) is 0 Å². The molecule has 0 saturated heterocycles. The smallest absolute Gasteiger partial charge is 0.349 e. The zero-order valence-corrected chi connectivity index (χ0v) is 11.2. The third-order valence-electron chi connectivity index (χ3n) is 2.57. The van der Waals surface area contributed by atoms with Crippen LogP contribution in [0.15, 0.2) is 35.1 Å². The summed E-state index contributed by atoms with van der Waals surface area (Å²) in [5.41, 5.74) is 1.10. The lowest BCUT2D eigenvalue weighted by Crippen LogP contribution is -2.21. The van der Waals surface area contributed by atoms with Crippen molar-refractivity contribution < 1.29 is 9.53 Å². The molecular formula is C14H12ClNO3. The van der Waals surface area contributed by atoms with E-state index in [2.05, 4.69) is 4.98 Å². The average Bonchev–Trinajstić information content (AvgIpc) is 2.32. The molecule has 2 rings (SSSR count). The van der Waals surface area contributed by atoms with Crippen molar-refractivity contribution in [3.63, 3.8) is 0 Å². The second-order valence-electron chi connectivity index (χ2n) is 4.21. The molecule has 0 aliphatic rings. The van der Waals surface area contributed by atoms with Crippen LogP contribution in [0.5, 0.6) is 5.75 Å². The Kier molecular flexibility index (Phi) is 3.71. The Morgan fingerprint density at radius 3 is 2.58 bits per heavy atom. The first-order valence-corrected chi connectivity index (χ1v) is 6.03. The lowest BCUT2D eigenvalue weighted by Gasteiger charge is -2.06. The number of aromatic nitrogens is 1. The number of pyridine rings is 1. The van der Waals surface area contributed by atoms with Gasteiger partial charge in [0.2, 0.25) is 0 Å². The van der Waals surface area contributed by atoms with Crippen molar-refractivity contribution in [2.24, 2.45) is 0 Å². The normalized spacial score (nSPS) is 10.3. The minimum atomic E-state index is -0.730. The number of rotatable bonds is 2. The molecule has 0 aliphatic carbocycles. The van der Waals surface area contributed by atoms with Gasteiger partial charge in [-0.3, -0.25) is 4.79 Å². The average molecular weight is 278 g/mol. The van der Waals surface area contributed by atoms with E-state index in [0.717, 1.165) is 5.56 Å². The number of hydrogen-bond acceptors (Lipinski definition) is 3. The van der Waals surface area contributed by atoms with Crippen LogP contribution in [0.4, 0.5) is 0 Å². The molecule has 0 spiro atoms. The molecule has 5 heteroatoms.